The van der Waals surface area contributed by atoms with Gasteiger partial charge in [0, 0.05) is 26.1 Å². The van der Waals surface area contributed by atoms with Gasteiger partial charge < -0.3 is 4.74 Å². The fraction of sp³-hybridized carbons (Fsp3) is 0.333. The molecule has 0 radical (unpaired) electrons. The summed E-state index contributed by atoms with van der Waals surface area (Å²) in [7, 11) is 1.66. The van der Waals surface area contributed by atoms with Gasteiger partial charge in [-0.3, -0.25) is 4.90 Å². The lowest BCUT2D eigenvalue weighted by Crippen LogP contribution is -2.24. The van der Waals surface area contributed by atoms with Crippen LogP contribution in [0.5, 0.6) is 0 Å². The quantitative estimate of drug-likeness (QED) is 0.503. The van der Waals surface area contributed by atoms with Crippen molar-refractivity contribution in [3.05, 3.63) is 60.9 Å². The zero-order valence-electron chi connectivity index (χ0n) is 10.6. The second-order valence-corrected chi connectivity index (χ2v) is 4.00. The zero-order valence-corrected chi connectivity index (χ0v) is 10.6. The molecule has 0 N–H and O–H groups in total. The maximum Gasteiger partial charge on any atom is 0.0896 e. The minimum atomic E-state index is 0.826. The Balaban J connectivity index is 2.48. The van der Waals surface area contributed by atoms with Crippen LogP contribution in [0.1, 0.15) is 12.0 Å². The van der Waals surface area contributed by atoms with Crippen molar-refractivity contribution >= 4 is 0 Å². The molecule has 0 spiro atoms. The lowest BCUT2D eigenvalue weighted by Gasteiger charge is -2.21. The molecule has 0 heterocycles. The number of hydrogen-bond donors (Lipinski definition) is 0. The van der Waals surface area contributed by atoms with E-state index in [0.29, 0.717) is 0 Å². The van der Waals surface area contributed by atoms with Crippen LogP contribution in [0.4, 0.5) is 0 Å². The number of ether oxygens (including phenoxy) is 1. The van der Waals surface area contributed by atoms with Crippen molar-refractivity contribution in [1.82, 2.24) is 4.90 Å². The van der Waals surface area contributed by atoms with Crippen molar-refractivity contribution in [3.63, 3.8) is 0 Å². The molecule has 2 heteroatoms. The third-order valence-electron chi connectivity index (χ3n) is 2.63. The first-order chi connectivity index (χ1) is 8.26. The summed E-state index contributed by atoms with van der Waals surface area (Å²) in [6.45, 7) is 10.4. The van der Waals surface area contributed by atoms with Crippen LogP contribution in [0, 0.1) is 0 Å². The number of rotatable bonds is 8. The third-order valence-corrected chi connectivity index (χ3v) is 2.63. The number of hydrogen-bond acceptors (Lipinski definition) is 2. The summed E-state index contributed by atoms with van der Waals surface area (Å²) in [6, 6.07) is 10.4. The Morgan fingerprint density at radius 3 is 2.65 bits per heavy atom. The van der Waals surface area contributed by atoms with E-state index in [1.54, 1.807) is 7.11 Å². The van der Waals surface area contributed by atoms with Crippen molar-refractivity contribution < 1.29 is 4.74 Å². The van der Waals surface area contributed by atoms with Crippen molar-refractivity contribution in [2.75, 3.05) is 20.2 Å². The van der Waals surface area contributed by atoms with Gasteiger partial charge in [0.2, 0.25) is 0 Å². The Kier molecular flexibility index (Phi) is 6.12. The average Bonchev–Trinajstić information content (AvgIpc) is 2.37. The largest absolute Gasteiger partial charge is 0.502 e. The summed E-state index contributed by atoms with van der Waals surface area (Å²) in [6.07, 6.45) is 2.79. The summed E-state index contributed by atoms with van der Waals surface area (Å²) < 4.78 is 5.08. The second kappa shape index (κ2) is 7.69. The molecule has 0 fully saturated rings. The number of benzene rings is 1. The van der Waals surface area contributed by atoms with Crippen LogP contribution in [0.25, 0.3) is 0 Å². The molecule has 0 amide bonds. The van der Waals surface area contributed by atoms with E-state index in [2.05, 4.69) is 42.3 Å². The van der Waals surface area contributed by atoms with Crippen molar-refractivity contribution in [2.24, 2.45) is 0 Å². The molecule has 1 rings (SSSR count). The smallest absolute Gasteiger partial charge is 0.0896 e. The Morgan fingerprint density at radius 2 is 2.06 bits per heavy atom. The van der Waals surface area contributed by atoms with Gasteiger partial charge in [0.1, 0.15) is 0 Å². The van der Waals surface area contributed by atoms with Gasteiger partial charge in [-0.25, -0.2) is 0 Å². The predicted octanol–water partition coefficient (Wildman–Crippen LogP) is 3.22. The molecule has 0 saturated heterocycles. The second-order valence-electron chi connectivity index (χ2n) is 4.00. The van der Waals surface area contributed by atoms with Gasteiger partial charge in [-0.2, -0.15) is 0 Å². The summed E-state index contributed by atoms with van der Waals surface area (Å²) in [4.78, 5) is 2.33. The van der Waals surface area contributed by atoms with E-state index in [0.717, 1.165) is 31.8 Å². The average molecular weight is 231 g/mol. The van der Waals surface area contributed by atoms with Gasteiger partial charge in [0.15, 0.2) is 0 Å². The van der Waals surface area contributed by atoms with Gasteiger partial charge in [0.05, 0.1) is 12.9 Å². The molecule has 0 aliphatic carbocycles. The molecule has 0 aliphatic rings. The molecule has 17 heavy (non-hydrogen) atoms. The van der Waals surface area contributed by atoms with E-state index >= 15 is 0 Å². The van der Waals surface area contributed by atoms with Crippen LogP contribution in [0.15, 0.2) is 55.3 Å². The number of methoxy groups -OCH3 is 1. The van der Waals surface area contributed by atoms with Gasteiger partial charge >= 0.3 is 0 Å². The highest BCUT2D eigenvalue weighted by atomic mass is 16.5. The minimum absolute atomic E-state index is 0.826. The van der Waals surface area contributed by atoms with Crippen LogP contribution < -0.4 is 0 Å². The van der Waals surface area contributed by atoms with Gasteiger partial charge in [-0.05, 0) is 5.56 Å². The Labute approximate surface area is 104 Å². The van der Waals surface area contributed by atoms with E-state index in [4.69, 9.17) is 4.74 Å². The molecular formula is C15H21NO. The molecule has 0 aliphatic heterocycles. The molecule has 0 unspecified atom stereocenters. The van der Waals surface area contributed by atoms with Gasteiger partial charge in [-0.15, -0.1) is 6.58 Å². The van der Waals surface area contributed by atoms with Crippen LogP contribution in [0.3, 0.4) is 0 Å². The first kappa shape index (κ1) is 13.5. The first-order valence-electron chi connectivity index (χ1n) is 5.85. The molecule has 1 aromatic rings. The Bertz CT molecular complexity index is 345. The number of nitrogens with zero attached hydrogens (tertiary/aromatic N) is 1. The highest BCUT2D eigenvalue weighted by Crippen LogP contribution is 2.07. The highest BCUT2D eigenvalue weighted by molar-refractivity contribution is 5.14. The minimum Gasteiger partial charge on any atom is -0.502 e. The van der Waals surface area contributed by atoms with Crippen molar-refractivity contribution in [1.29, 1.82) is 0 Å². The summed E-state index contributed by atoms with van der Waals surface area (Å²) in [5, 5.41) is 0. The fourth-order valence-electron chi connectivity index (χ4n) is 1.64. The maximum atomic E-state index is 5.08. The van der Waals surface area contributed by atoms with Gasteiger partial charge in [-0.1, -0.05) is 43.0 Å². The molecular weight excluding hydrogens is 210 g/mol. The Morgan fingerprint density at radius 1 is 1.35 bits per heavy atom. The normalized spacial score (nSPS) is 10.2. The maximum absolute atomic E-state index is 5.08. The first-order valence-corrected chi connectivity index (χ1v) is 5.85. The molecule has 0 bridgehead atoms. The topological polar surface area (TPSA) is 12.5 Å². The lowest BCUT2D eigenvalue weighted by atomic mass is 10.2. The zero-order chi connectivity index (χ0) is 12.5. The van der Waals surface area contributed by atoms with Crippen molar-refractivity contribution in [3.8, 4) is 0 Å². The van der Waals surface area contributed by atoms with E-state index in [9.17, 15) is 0 Å². The lowest BCUT2D eigenvalue weighted by molar-refractivity contribution is 0.241. The van der Waals surface area contributed by atoms with E-state index in [-0.39, 0.29) is 0 Å². The monoisotopic (exact) mass is 231 g/mol. The molecule has 1 aromatic carbocycles. The summed E-state index contributed by atoms with van der Waals surface area (Å²) in [5.41, 5.74) is 1.32. The molecule has 0 atom stereocenters. The summed E-state index contributed by atoms with van der Waals surface area (Å²) >= 11 is 0. The molecule has 0 saturated carbocycles. The van der Waals surface area contributed by atoms with E-state index in [1.165, 1.54) is 5.56 Å². The van der Waals surface area contributed by atoms with E-state index in [1.807, 2.05) is 12.1 Å². The van der Waals surface area contributed by atoms with E-state index < -0.39 is 0 Å². The van der Waals surface area contributed by atoms with Crippen molar-refractivity contribution in [2.45, 2.75) is 13.0 Å². The third kappa shape index (κ3) is 5.36. The molecule has 0 aromatic heterocycles. The van der Waals surface area contributed by atoms with Crippen LogP contribution in [-0.2, 0) is 11.3 Å². The SMILES string of the molecule is C=CCN(CCC(=C)OC)Cc1ccccc1. The van der Waals surface area contributed by atoms with Crippen LogP contribution in [-0.4, -0.2) is 25.1 Å². The Hall–Kier alpha value is -1.54. The predicted molar refractivity (Wildman–Crippen MR) is 72.7 cm³/mol. The van der Waals surface area contributed by atoms with Gasteiger partial charge in [0.25, 0.3) is 0 Å². The standard InChI is InChI=1S/C15H21NO/c1-4-11-16(12-10-14(2)17-3)13-15-8-6-5-7-9-15/h4-9H,1-2,10-13H2,3H3. The highest BCUT2D eigenvalue weighted by Gasteiger charge is 2.05. The fourth-order valence-corrected chi connectivity index (χ4v) is 1.64. The molecule has 2 nitrogen and oxygen atoms in total. The van der Waals surface area contributed by atoms with Crippen LogP contribution in [0.2, 0.25) is 0 Å². The summed E-state index contributed by atoms with van der Waals surface area (Å²) in [5.74, 6) is 0.826. The molecule has 92 valence electrons. The van der Waals surface area contributed by atoms with Crippen LogP contribution >= 0.6 is 0 Å².